The molecule has 1 spiro atoms. The zero-order chi connectivity index (χ0) is 18.1. The lowest BCUT2D eigenvalue weighted by Crippen LogP contribution is -2.50. The van der Waals surface area contributed by atoms with E-state index in [4.69, 9.17) is 9.47 Å². The Balaban J connectivity index is 1.50. The third-order valence-electron chi connectivity index (χ3n) is 5.09. The second-order valence-electron chi connectivity index (χ2n) is 6.87. The van der Waals surface area contributed by atoms with Crippen LogP contribution in [0.25, 0.3) is 0 Å². The van der Waals surface area contributed by atoms with Gasteiger partial charge in [-0.15, -0.1) is 0 Å². The summed E-state index contributed by atoms with van der Waals surface area (Å²) in [4.78, 5) is 37.5. The Morgan fingerprint density at radius 2 is 1.77 bits per heavy atom. The number of hydrogen-bond donors (Lipinski definition) is 2. The van der Waals surface area contributed by atoms with Gasteiger partial charge in [0.05, 0.1) is 13.2 Å². The molecule has 8 heteroatoms. The van der Waals surface area contributed by atoms with Crippen LogP contribution in [0, 0.1) is 0 Å². The molecule has 4 amide bonds. The van der Waals surface area contributed by atoms with Gasteiger partial charge in [-0.05, 0) is 31.0 Å². The van der Waals surface area contributed by atoms with Crippen LogP contribution in [-0.4, -0.2) is 41.6 Å². The fraction of sp³-hybridized carbons (Fsp3) is 0.500. The van der Waals surface area contributed by atoms with Crippen molar-refractivity contribution >= 4 is 17.8 Å². The maximum Gasteiger partial charge on any atom is 0.344 e. The predicted octanol–water partition coefficient (Wildman–Crippen LogP) is 1.75. The molecule has 1 aliphatic carbocycles. The monoisotopic (exact) mass is 359 g/mol. The van der Waals surface area contributed by atoms with Crippen LogP contribution < -0.4 is 20.2 Å². The number of imide groups is 1. The van der Waals surface area contributed by atoms with Crippen molar-refractivity contribution < 1.29 is 23.9 Å². The number of carbonyl (C=O) groups excluding carboxylic acids is 3. The van der Waals surface area contributed by atoms with Crippen LogP contribution in [0.15, 0.2) is 18.2 Å². The Labute approximate surface area is 150 Å². The lowest BCUT2D eigenvalue weighted by molar-refractivity contribution is -0.134. The van der Waals surface area contributed by atoms with E-state index in [1.807, 2.05) is 0 Å². The van der Waals surface area contributed by atoms with Crippen LogP contribution >= 0.6 is 0 Å². The third kappa shape index (κ3) is 2.85. The van der Waals surface area contributed by atoms with Crippen LogP contribution in [0.5, 0.6) is 11.5 Å². The lowest BCUT2D eigenvalue weighted by atomic mass is 9.82. The average Bonchev–Trinajstić information content (AvgIpc) is 2.83. The van der Waals surface area contributed by atoms with E-state index in [0.29, 0.717) is 43.1 Å². The number of ether oxygens (including phenoxy) is 2. The summed E-state index contributed by atoms with van der Waals surface area (Å²) >= 11 is 0. The molecule has 0 unspecified atom stereocenters. The molecule has 0 radical (unpaired) electrons. The van der Waals surface area contributed by atoms with Gasteiger partial charge in [-0.1, -0.05) is 19.3 Å². The first kappa shape index (κ1) is 16.7. The number of hydrazine groups is 1. The van der Waals surface area contributed by atoms with Crippen molar-refractivity contribution in [2.45, 2.75) is 44.1 Å². The molecule has 3 aliphatic rings. The van der Waals surface area contributed by atoms with Gasteiger partial charge < -0.3 is 14.8 Å². The quantitative estimate of drug-likeness (QED) is 0.784. The van der Waals surface area contributed by atoms with Gasteiger partial charge in [-0.2, -0.15) is 5.01 Å². The number of amides is 4. The molecule has 2 N–H and O–H groups in total. The van der Waals surface area contributed by atoms with Crippen LogP contribution in [0.4, 0.5) is 4.79 Å². The molecule has 0 aromatic heterocycles. The van der Waals surface area contributed by atoms with Gasteiger partial charge in [-0.3, -0.25) is 15.0 Å². The largest absolute Gasteiger partial charge is 0.490 e. The zero-order valence-corrected chi connectivity index (χ0v) is 14.4. The first-order valence-electron chi connectivity index (χ1n) is 8.96. The summed E-state index contributed by atoms with van der Waals surface area (Å²) < 4.78 is 11.1. The van der Waals surface area contributed by atoms with Crippen LogP contribution in [-0.2, 0) is 4.79 Å². The van der Waals surface area contributed by atoms with Crippen molar-refractivity contribution in [2.75, 3.05) is 13.2 Å². The van der Waals surface area contributed by atoms with Crippen molar-refractivity contribution in [3.8, 4) is 11.5 Å². The molecule has 1 saturated carbocycles. The van der Waals surface area contributed by atoms with E-state index in [9.17, 15) is 14.4 Å². The Bertz CT molecular complexity index is 757. The SMILES string of the molecule is O=C(NN1C(=O)NC2(CCCCC2)C1=O)c1ccc2c(c1)OCCCO2. The molecule has 138 valence electrons. The van der Waals surface area contributed by atoms with Gasteiger partial charge in [0.25, 0.3) is 11.8 Å². The van der Waals surface area contributed by atoms with Crippen LogP contribution in [0.3, 0.4) is 0 Å². The molecule has 8 nitrogen and oxygen atoms in total. The summed E-state index contributed by atoms with van der Waals surface area (Å²) in [6.07, 6.45) is 4.79. The Morgan fingerprint density at radius 1 is 1.04 bits per heavy atom. The minimum absolute atomic E-state index is 0.291. The predicted molar refractivity (Wildman–Crippen MR) is 90.7 cm³/mol. The zero-order valence-electron chi connectivity index (χ0n) is 14.4. The topological polar surface area (TPSA) is 97.0 Å². The Hall–Kier alpha value is -2.77. The highest BCUT2D eigenvalue weighted by molar-refractivity contribution is 6.09. The summed E-state index contributed by atoms with van der Waals surface area (Å²) in [5.74, 6) is 0.133. The molecule has 26 heavy (non-hydrogen) atoms. The summed E-state index contributed by atoms with van der Waals surface area (Å²) in [5.41, 5.74) is 1.85. The molecule has 1 saturated heterocycles. The minimum atomic E-state index is -0.868. The van der Waals surface area contributed by atoms with Gasteiger partial charge in [0, 0.05) is 12.0 Å². The fourth-order valence-corrected chi connectivity index (χ4v) is 3.69. The van der Waals surface area contributed by atoms with Crippen molar-refractivity contribution in [1.82, 2.24) is 15.8 Å². The summed E-state index contributed by atoms with van der Waals surface area (Å²) in [6.45, 7) is 1.07. The highest BCUT2D eigenvalue weighted by Crippen LogP contribution is 2.33. The lowest BCUT2D eigenvalue weighted by Gasteiger charge is -2.30. The maximum atomic E-state index is 12.7. The Morgan fingerprint density at radius 3 is 2.54 bits per heavy atom. The molecule has 2 fully saturated rings. The number of rotatable bonds is 2. The number of urea groups is 1. The molecular formula is C18H21N3O5. The van der Waals surface area contributed by atoms with Gasteiger partial charge in [0.2, 0.25) is 0 Å². The highest BCUT2D eigenvalue weighted by atomic mass is 16.5. The number of nitrogens with one attached hydrogen (secondary N) is 2. The normalized spacial score (nSPS) is 21.3. The van der Waals surface area contributed by atoms with E-state index in [1.165, 1.54) is 0 Å². The molecular weight excluding hydrogens is 338 g/mol. The molecule has 1 aromatic carbocycles. The van der Waals surface area contributed by atoms with E-state index in [2.05, 4.69) is 10.7 Å². The van der Waals surface area contributed by atoms with E-state index < -0.39 is 17.5 Å². The van der Waals surface area contributed by atoms with Gasteiger partial charge in [-0.25, -0.2) is 4.79 Å². The first-order chi connectivity index (χ1) is 12.6. The number of hydrogen-bond acceptors (Lipinski definition) is 5. The number of carbonyl (C=O) groups is 3. The standard InChI is InChI=1S/C18H21N3O5/c22-15(12-5-6-13-14(11-12)26-10-4-9-25-13)20-21-16(23)18(19-17(21)24)7-2-1-3-8-18/h5-6,11H,1-4,7-10H2,(H,19,24)(H,20,22). The number of fused-ring (bicyclic) bond motifs is 1. The summed E-state index contributed by atoms with van der Waals surface area (Å²) in [7, 11) is 0. The van der Waals surface area contributed by atoms with Gasteiger partial charge >= 0.3 is 6.03 Å². The van der Waals surface area contributed by atoms with Gasteiger partial charge in [0.1, 0.15) is 5.54 Å². The van der Waals surface area contributed by atoms with Crippen molar-refractivity contribution in [3.05, 3.63) is 23.8 Å². The second kappa shape index (κ2) is 6.51. The molecule has 4 rings (SSSR count). The van der Waals surface area contributed by atoms with Crippen molar-refractivity contribution in [1.29, 1.82) is 0 Å². The van der Waals surface area contributed by atoms with Crippen molar-refractivity contribution in [3.63, 3.8) is 0 Å². The molecule has 2 heterocycles. The minimum Gasteiger partial charge on any atom is -0.490 e. The smallest absolute Gasteiger partial charge is 0.344 e. The number of nitrogens with zero attached hydrogens (tertiary/aromatic N) is 1. The van der Waals surface area contributed by atoms with Gasteiger partial charge in [0.15, 0.2) is 11.5 Å². The Kier molecular flexibility index (Phi) is 4.18. The van der Waals surface area contributed by atoms with Crippen molar-refractivity contribution in [2.24, 2.45) is 0 Å². The van der Waals surface area contributed by atoms with E-state index in [-0.39, 0.29) is 5.91 Å². The van der Waals surface area contributed by atoms with Crippen LogP contribution in [0.1, 0.15) is 48.9 Å². The van der Waals surface area contributed by atoms with E-state index >= 15 is 0 Å². The van der Waals surface area contributed by atoms with E-state index in [0.717, 1.165) is 30.7 Å². The molecule has 0 atom stereocenters. The molecule has 0 bridgehead atoms. The summed E-state index contributed by atoms with van der Waals surface area (Å²) in [5, 5.41) is 3.56. The average molecular weight is 359 g/mol. The van der Waals surface area contributed by atoms with E-state index in [1.54, 1.807) is 18.2 Å². The summed E-state index contributed by atoms with van der Waals surface area (Å²) in [6, 6.07) is 4.21. The second-order valence-corrected chi connectivity index (χ2v) is 6.87. The first-order valence-corrected chi connectivity index (χ1v) is 8.96. The van der Waals surface area contributed by atoms with Crippen LogP contribution in [0.2, 0.25) is 0 Å². The third-order valence-corrected chi connectivity index (χ3v) is 5.09. The molecule has 2 aliphatic heterocycles. The maximum absolute atomic E-state index is 12.7. The highest BCUT2D eigenvalue weighted by Gasteiger charge is 2.52. The fourth-order valence-electron chi connectivity index (χ4n) is 3.69. The number of benzene rings is 1. The molecule has 1 aromatic rings.